The molecule has 0 aliphatic heterocycles. The molecule has 0 spiro atoms. The van der Waals surface area contributed by atoms with E-state index in [4.69, 9.17) is 15.3 Å². The van der Waals surface area contributed by atoms with Crippen molar-refractivity contribution >= 4 is 17.4 Å². The Kier molecular flexibility index (Phi) is 185. The van der Waals surface area contributed by atoms with Crippen molar-refractivity contribution in [1.29, 1.82) is 0 Å². The minimum absolute atomic E-state index is 0. The first kappa shape index (κ1) is 29.6. The maximum Gasteiger partial charge on any atom is 3.00 e. The van der Waals surface area contributed by atoms with Crippen LogP contribution in [0.2, 0.25) is 0 Å². The molecule has 0 aromatic carbocycles. The van der Waals surface area contributed by atoms with Crippen LogP contribution in [-0.4, -0.2) is 52.5 Å². The molecule has 0 amide bonds. The van der Waals surface area contributed by atoms with Crippen molar-refractivity contribution in [2.45, 2.75) is 20.8 Å². The fourth-order valence-corrected chi connectivity index (χ4v) is 0. The Morgan fingerprint density at radius 3 is 0.727 bits per heavy atom. The summed E-state index contributed by atoms with van der Waals surface area (Å²) in [6, 6.07) is 0. The molecule has 0 bridgehead atoms. The zero-order valence-electron chi connectivity index (χ0n) is 8.04. The van der Waals surface area contributed by atoms with Crippen LogP contribution in [0.25, 0.3) is 0 Å². The van der Waals surface area contributed by atoms with E-state index in [-0.39, 0.29) is 56.0 Å². The van der Waals surface area contributed by atoms with Gasteiger partial charge in [-0.2, -0.15) is 0 Å². The van der Waals surface area contributed by atoms with Gasteiger partial charge in [0.15, 0.2) is 0 Å². The van der Waals surface area contributed by atoms with Gasteiger partial charge in [-0.1, -0.05) is 0 Å². The van der Waals surface area contributed by atoms with Crippen LogP contribution in [-0.2, 0) is 0 Å². The summed E-state index contributed by atoms with van der Waals surface area (Å²) in [5.74, 6) is 0. The summed E-state index contributed by atoms with van der Waals surface area (Å²) in [6.07, 6.45) is 0. The summed E-state index contributed by atoms with van der Waals surface area (Å²) in [6.45, 7) is 5.79. The Morgan fingerprint density at radius 2 is 0.727 bits per heavy atom. The monoisotopic (exact) mass is 172 g/mol. The average molecular weight is 172 g/mol. The summed E-state index contributed by atoms with van der Waals surface area (Å²) in [7, 11) is 0. The molecule has 0 aliphatic rings. The second-order valence-corrected chi connectivity index (χ2v) is 0.949. The first-order valence-electron chi connectivity index (χ1n) is 3.07. The molecule has 0 rings (SSSR count). The molecule has 0 atom stereocenters. The topological polar surface area (TPSA) is 60.7 Å². The van der Waals surface area contributed by atoms with E-state index in [0.29, 0.717) is 0 Å². The van der Waals surface area contributed by atoms with Crippen LogP contribution < -0.4 is 18.9 Å². The Balaban J connectivity index is -0.0000000150. The standard InChI is InChI=1S/3C2H6O.Al.Li/c3*1-2-3;;/h3*3H,2H2,1H3;;/q;;;+3;+1. The fourth-order valence-electron chi connectivity index (χ4n) is 0. The van der Waals surface area contributed by atoms with Crippen molar-refractivity contribution in [2.75, 3.05) is 19.8 Å². The molecule has 0 aromatic rings. The van der Waals surface area contributed by atoms with Crippen molar-refractivity contribution in [1.82, 2.24) is 0 Å². The molecule has 0 heterocycles. The van der Waals surface area contributed by atoms with Gasteiger partial charge in [-0.3, -0.25) is 0 Å². The number of hydrogen-bond acceptors (Lipinski definition) is 3. The maximum absolute atomic E-state index is 7.57. The number of aliphatic hydroxyl groups is 3. The van der Waals surface area contributed by atoms with E-state index in [9.17, 15) is 0 Å². The van der Waals surface area contributed by atoms with E-state index in [1.54, 1.807) is 20.8 Å². The predicted octanol–water partition coefficient (Wildman–Crippen LogP) is -3.38. The van der Waals surface area contributed by atoms with Crippen LogP contribution in [0.4, 0.5) is 0 Å². The molecular weight excluding hydrogens is 154 g/mol. The van der Waals surface area contributed by atoms with Gasteiger partial charge in [-0.25, -0.2) is 0 Å². The number of aliphatic hydroxyl groups excluding tert-OH is 3. The SMILES string of the molecule is CCO.CCO.CCO.[Al+3].[Li+]. The van der Waals surface area contributed by atoms with Crippen molar-refractivity contribution in [3.05, 3.63) is 0 Å². The predicted molar refractivity (Wildman–Crippen MR) is 44.0 cm³/mol. The molecular formula is C6H18AlLiO3+4. The second kappa shape index (κ2) is 68.6. The largest absolute Gasteiger partial charge is 3.00 e. The van der Waals surface area contributed by atoms with E-state index in [2.05, 4.69) is 0 Å². The van der Waals surface area contributed by atoms with Crippen molar-refractivity contribution in [2.24, 2.45) is 0 Å². The summed E-state index contributed by atoms with van der Waals surface area (Å²) >= 11 is 0. The van der Waals surface area contributed by atoms with Crippen molar-refractivity contribution < 1.29 is 34.2 Å². The van der Waals surface area contributed by atoms with E-state index in [1.807, 2.05) is 0 Å². The van der Waals surface area contributed by atoms with Crippen LogP contribution in [0.5, 0.6) is 0 Å². The van der Waals surface area contributed by atoms with Crippen LogP contribution in [0, 0.1) is 0 Å². The third-order valence-electron chi connectivity index (χ3n) is 0. The molecule has 3 nitrogen and oxygen atoms in total. The van der Waals surface area contributed by atoms with E-state index in [0.717, 1.165) is 0 Å². The van der Waals surface area contributed by atoms with Gasteiger partial charge < -0.3 is 15.3 Å². The van der Waals surface area contributed by atoms with Crippen LogP contribution in [0.15, 0.2) is 0 Å². The number of rotatable bonds is 0. The summed E-state index contributed by atoms with van der Waals surface area (Å²) in [5.41, 5.74) is 0. The van der Waals surface area contributed by atoms with Crippen LogP contribution in [0.1, 0.15) is 20.8 Å². The Morgan fingerprint density at radius 1 is 0.727 bits per heavy atom. The van der Waals surface area contributed by atoms with E-state index in [1.165, 1.54) is 0 Å². The smallest absolute Gasteiger partial charge is 0.397 e. The maximum atomic E-state index is 7.57. The minimum Gasteiger partial charge on any atom is -0.397 e. The molecule has 0 aromatic heterocycles. The molecule has 0 aliphatic carbocycles. The molecule has 0 radical (unpaired) electrons. The zero-order valence-corrected chi connectivity index (χ0v) is 9.20. The van der Waals surface area contributed by atoms with Gasteiger partial charge in [0.1, 0.15) is 0 Å². The van der Waals surface area contributed by atoms with Crippen LogP contribution >= 0.6 is 0 Å². The Bertz CT molecular complexity index is 22.5. The van der Waals surface area contributed by atoms with Crippen molar-refractivity contribution in [3.63, 3.8) is 0 Å². The molecule has 0 unspecified atom stereocenters. The third-order valence-corrected chi connectivity index (χ3v) is 0. The van der Waals surface area contributed by atoms with Gasteiger partial charge in [-0.05, 0) is 20.8 Å². The minimum atomic E-state index is 0. The first-order valence-corrected chi connectivity index (χ1v) is 3.07. The van der Waals surface area contributed by atoms with Gasteiger partial charge in [-0.15, -0.1) is 0 Å². The zero-order chi connectivity index (χ0) is 8.12. The van der Waals surface area contributed by atoms with Gasteiger partial charge in [0, 0.05) is 19.8 Å². The van der Waals surface area contributed by atoms with Gasteiger partial charge in [0.2, 0.25) is 0 Å². The summed E-state index contributed by atoms with van der Waals surface area (Å²) in [4.78, 5) is 0. The van der Waals surface area contributed by atoms with Gasteiger partial charge in [0.25, 0.3) is 0 Å². The molecule has 60 valence electrons. The van der Waals surface area contributed by atoms with Gasteiger partial charge >= 0.3 is 36.2 Å². The first-order chi connectivity index (χ1) is 4.24. The summed E-state index contributed by atoms with van der Waals surface area (Å²) < 4.78 is 0. The quantitative estimate of drug-likeness (QED) is 0.334. The molecule has 11 heavy (non-hydrogen) atoms. The van der Waals surface area contributed by atoms with Gasteiger partial charge in [0.05, 0.1) is 0 Å². The van der Waals surface area contributed by atoms with E-state index >= 15 is 0 Å². The average Bonchev–Trinajstić information content (AvgIpc) is 1.70. The second-order valence-electron chi connectivity index (χ2n) is 0.949. The van der Waals surface area contributed by atoms with E-state index < -0.39 is 0 Å². The number of hydrogen-bond donors (Lipinski definition) is 3. The molecule has 0 saturated carbocycles. The summed E-state index contributed by atoms with van der Waals surface area (Å²) in [5, 5.41) is 22.7. The van der Waals surface area contributed by atoms with Crippen molar-refractivity contribution in [3.8, 4) is 0 Å². The van der Waals surface area contributed by atoms with Crippen LogP contribution in [0.3, 0.4) is 0 Å². The normalized spacial score (nSPS) is 4.91. The molecule has 3 N–H and O–H groups in total. The Labute approximate surface area is 92.1 Å². The Hall–Kier alpha value is 1.01. The third kappa shape index (κ3) is 876. The fraction of sp³-hybridized carbons (Fsp3) is 1.00. The molecule has 5 heteroatoms. The molecule has 0 saturated heterocycles. The molecule has 0 fully saturated rings.